The van der Waals surface area contributed by atoms with Gasteiger partial charge in [0.25, 0.3) is 6.43 Å². The van der Waals surface area contributed by atoms with Crippen molar-refractivity contribution in [1.29, 1.82) is 0 Å². The molecule has 0 aromatic heterocycles. The topological polar surface area (TPSA) is 44.8 Å². The van der Waals surface area contributed by atoms with Crippen LogP contribution in [0.1, 0.15) is 31.4 Å². The van der Waals surface area contributed by atoms with Gasteiger partial charge in [-0.1, -0.05) is 22.0 Å². The van der Waals surface area contributed by atoms with E-state index in [1.807, 2.05) is 0 Å². The lowest BCUT2D eigenvalue weighted by Crippen LogP contribution is -2.04. The molecule has 0 aliphatic carbocycles. The van der Waals surface area contributed by atoms with Crippen molar-refractivity contribution in [1.82, 2.24) is 0 Å². The lowest BCUT2D eigenvalue weighted by atomic mass is 10.1. The first-order chi connectivity index (χ1) is 9.45. The van der Waals surface area contributed by atoms with E-state index in [1.54, 1.807) is 19.9 Å². The van der Waals surface area contributed by atoms with Crippen molar-refractivity contribution in [3.63, 3.8) is 0 Å². The standard InChI is InChI=1S/C12H16BrF2O4P/c1-3-17-20(16,18-4-2)19-11-6-5-9(8-13)7-10(11)12(14)15/h5-7,12H,3-4,8H2,1-2H3. The number of rotatable bonds is 8. The highest BCUT2D eigenvalue weighted by Crippen LogP contribution is 2.51. The Morgan fingerprint density at radius 2 is 1.85 bits per heavy atom. The molecule has 0 atom stereocenters. The van der Waals surface area contributed by atoms with E-state index < -0.39 is 14.2 Å². The molecule has 20 heavy (non-hydrogen) atoms. The van der Waals surface area contributed by atoms with Crippen LogP contribution in [0, 0.1) is 0 Å². The van der Waals surface area contributed by atoms with Crippen molar-refractivity contribution in [2.24, 2.45) is 0 Å². The number of halogens is 3. The van der Waals surface area contributed by atoms with Crippen LogP contribution in [0.25, 0.3) is 0 Å². The number of alkyl halides is 3. The maximum Gasteiger partial charge on any atom is 0.530 e. The summed E-state index contributed by atoms with van der Waals surface area (Å²) in [6.07, 6.45) is -2.75. The molecule has 4 nitrogen and oxygen atoms in total. The van der Waals surface area contributed by atoms with Gasteiger partial charge in [0.2, 0.25) is 0 Å². The molecule has 0 saturated heterocycles. The zero-order valence-electron chi connectivity index (χ0n) is 11.1. The van der Waals surface area contributed by atoms with Gasteiger partial charge in [-0.05, 0) is 31.5 Å². The summed E-state index contributed by atoms with van der Waals surface area (Å²) in [5, 5.41) is 0.432. The van der Waals surface area contributed by atoms with Crippen LogP contribution in [0.5, 0.6) is 5.75 Å². The first-order valence-electron chi connectivity index (χ1n) is 6.01. The van der Waals surface area contributed by atoms with E-state index in [2.05, 4.69) is 15.9 Å². The van der Waals surface area contributed by atoms with Crippen LogP contribution in [0.2, 0.25) is 0 Å². The van der Waals surface area contributed by atoms with Gasteiger partial charge in [-0.2, -0.15) is 0 Å². The molecule has 0 aliphatic rings. The molecule has 0 aliphatic heterocycles. The second-order valence-corrected chi connectivity index (χ2v) is 5.83. The Balaban J connectivity index is 3.08. The zero-order valence-corrected chi connectivity index (χ0v) is 13.6. The molecule has 0 amide bonds. The van der Waals surface area contributed by atoms with Crippen molar-refractivity contribution >= 4 is 23.8 Å². The molecule has 114 valence electrons. The fourth-order valence-corrected chi connectivity index (χ4v) is 3.03. The second-order valence-electron chi connectivity index (χ2n) is 3.68. The summed E-state index contributed by atoms with van der Waals surface area (Å²) < 4.78 is 53.2. The highest BCUT2D eigenvalue weighted by Gasteiger charge is 2.29. The van der Waals surface area contributed by atoms with Crippen molar-refractivity contribution in [3.8, 4) is 5.75 Å². The third-order valence-electron chi connectivity index (χ3n) is 2.25. The Labute approximate surface area is 125 Å². The third kappa shape index (κ3) is 4.81. The summed E-state index contributed by atoms with van der Waals surface area (Å²) in [6.45, 7) is 3.38. The highest BCUT2D eigenvalue weighted by molar-refractivity contribution is 9.08. The van der Waals surface area contributed by atoms with E-state index in [0.29, 0.717) is 10.9 Å². The van der Waals surface area contributed by atoms with Gasteiger partial charge < -0.3 is 4.52 Å². The van der Waals surface area contributed by atoms with Crippen LogP contribution in [-0.2, 0) is 18.9 Å². The number of phosphoric acid groups is 1. The first-order valence-corrected chi connectivity index (χ1v) is 8.59. The predicted octanol–water partition coefficient (Wildman–Crippen LogP) is 5.08. The van der Waals surface area contributed by atoms with Gasteiger partial charge >= 0.3 is 7.82 Å². The number of hydrogen-bond acceptors (Lipinski definition) is 4. The maximum absolute atomic E-state index is 13.0. The molecule has 0 radical (unpaired) electrons. The van der Waals surface area contributed by atoms with Crippen LogP contribution < -0.4 is 4.52 Å². The Hall–Kier alpha value is -0.490. The van der Waals surface area contributed by atoms with Crippen LogP contribution in [0.3, 0.4) is 0 Å². The predicted molar refractivity (Wildman–Crippen MR) is 75.5 cm³/mol. The minimum atomic E-state index is -3.88. The Kier molecular flexibility index (Phi) is 7.09. The van der Waals surface area contributed by atoms with Gasteiger partial charge in [0.1, 0.15) is 5.75 Å². The van der Waals surface area contributed by atoms with Crippen molar-refractivity contribution in [3.05, 3.63) is 29.3 Å². The number of benzene rings is 1. The molecule has 8 heteroatoms. The molecular weight excluding hydrogens is 357 g/mol. The zero-order chi connectivity index (χ0) is 15.2. The smallest absolute Gasteiger partial charge is 0.403 e. The van der Waals surface area contributed by atoms with Gasteiger partial charge in [-0.3, -0.25) is 9.05 Å². The highest BCUT2D eigenvalue weighted by atomic mass is 79.9. The molecule has 1 aromatic rings. The lowest BCUT2D eigenvalue weighted by molar-refractivity contribution is 0.142. The van der Waals surface area contributed by atoms with Crippen LogP contribution in [0.4, 0.5) is 8.78 Å². The Bertz CT molecular complexity index is 475. The van der Waals surface area contributed by atoms with E-state index >= 15 is 0 Å². The Morgan fingerprint density at radius 3 is 2.30 bits per heavy atom. The normalized spacial score (nSPS) is 11.9. The summed E-state index contributed by atoms with van der Waals surface area (Å²) >= 11 is 3.19. The van der Waals surface area contributed by atoms with E-state index in [0.717, 1.165) is 0 Å². The molecule has 1 aromatic carbocycles. The third-order valence-corrected chi connectivity index (χ3v) is 4.46. The van der Waals surface area contributed by atoms with Gasteiger partial charge in [-0.15, -0.1) is 0 Å². The molecule has 0 saturated carbocycles. The average molecular weight is 373 g/mol. The van der Waals surface area contributed by atoms with E-state index in [4.69, 9.17) is 13.6 Å². The average Bonchev–Trinajstić information content (AvgIpc) is 2.39. The Morgan fingerprint density at radius 1 is 1.25 bits per heavy atom. The van der Waals surface area contributed by atoms with Crippen molar-refractivity contribution in [2.75, 3.05) is 13.2 Å². The SMILES string of the molecule is CCOP(=O)(OCC)Oc1ccc(CBr)cc1C(F)F. The summed E-state index contributed by atoms with van der Waals surface area (Å²) in [4.78, 5) is 0. The molecule has 0 spiro atoms. The number of hydrogen-bond donors (Lipinski definition) is 0. The molecule has 1 rings (SSSR count). The molecule has 0 bridgehead atoms. The summed E-state index contributed by atoms with van der Waals surface area (Å²) in [5.41, 5.74) is 0.317. The monoisotopic (exact) mass is 372 g/mol. The lowest BCUT2D eigenvalue weighted by Gasteiger charge is -2.19. The van der Waals surface area contributed by atoms with Crippen LogP contribution >= 0.6 is 23.8 Å². The first kappa shape index (κ1) is 17.6. The summed E-state index contributed by atoms with van der Waals surface area (Å²) in [7, 11) is -3.88. The van der Waals surface area contributed by atoms with Crippen LogP contribution in [0.15, 0.2) is 18.2 Å². The number of phosphoric ester groups is 1. The maximum atomic E-state index is 13.0. The van der Waals surface area contributed by atoms with Crippen molar-refractivity contribution in [2.45, 2.75) is 25.6 Å². The van der Waals surface area contributed by atoms with Gasteiger partial charge in [0.05, 0.1) is 18.8 Å². The molecule has 0 fully saturated rings. The minimum Gasteiger partial charge on any atom is -0.403 e. The van der Waals surface area contributed by atoms with Crippen molar-refractivity contribution < 1.29 is 26.9 Å². The molecule has 0 N–H and O–H groups in total. The second kappa shape index (κ2) is 8.08. The van der Waals surface area contributed by atoms with E-state index in [9.17, 15) is 13.3 Å². The van der Waals surface area contributed by atoms with E-state index in [-0.39, 0.29) is 24.5 Å². The fourth-order valence-electron chi connectivity index (χ4n) is 1.46. The minimum absolute atomic E-state index is 0.0841. The largest absolute Gasteiger partial charge is 0.530 e. The fraction of sp³-hybridized carbons (Fsp3) is 0.500. The summed E-state index contributed by atoms with van der Waals surface area (Å²) in [5.74, 6) is -0.199. The van der Waals surface area contributed by atoms with Gasteiger partial charge in [0.15, 0.2) is 0 Å². The van der Waals surface area contributed by atoms with E-state index in [1.165, 1.54) is 12.1 Å². The van der Waals surface area contributed by atoms with Gasteiger partial charge in [-0.25, -0.2) is 13.3 Å². The molecule has 0 unspecified atom stereocenters. The van der Waals surface area contributed by atoms with Crippen LogP contribution in [-0.4, -0.2) is 13.2 Å². The molecular formula is C12H16BrF2O4P. The quantitative estimate of drug-likeness (QED) is 0.471. The molecule has 0 heterocycles. The van der Waals surface area contributed by atoms with Gasteiger partial charge in [0, 0.05) is 5.33 Å². The summed E-state index contributed by atoms with van der Waals surface area (Å²) in [6, 6.07) is 4.22.